The summed E-state index contributed by atoms with van der Waals surface area (Å²) in [5.41, 5.74) is 0.605. The summed E-state index contributed by atoms with van der Waals surface area (Å²) in [5.74, 6) is 0.717. The molecule has 1 rings (SSSR count). The number of aliphatic hydroxyl groups is 1. The van der Waals surface area contributed by atoms with Crippen LogP contribution in [-0.4, -0.2) is 42.9 Å². The lowest BCUT2D eigenvalue weighted by Gasteiger charge is -2.20. The predicted molar refractivity (Wildman–Crippen MR) is 70.5 cm³/mol. The second-order valence-electron chi connectivity index (χ2n) is 4.05. The van der Waals surface area contributed by atoms with E-state index >= 15 is 0 Å². The highest BCUT2D eigenvalue weighted by Crippen LogP contribution is 2.12. The molecule has 1 N–H and O–H groups in total. The quantitative estimate of drug-likeness (QED) is 0.760. The van der Waals surface area contributed by atoms with Crippen LogP contribution in [0.4, 0.5) is 0 Å². The van der Waals surface area contributed by atoms with Gasteiger partial charge < -0.3 is 9.84 Å². The van der Waals surface area contributed by atoms with Gasteiger partial charge in [-0.2, -0.15) is 5.26 Å². The van der Waals surface area contributed by atoms with Crippen LogP contribution in [0.15, 0.2) is 24.3 Å². The van der Waals surface area contributed by atoms with E-state index in [2.05, 4.69) is 17.9 Å². The van der Waals surface area contributed by atoms with Gasteiger partial charge >= 0.3 is 0 Å². The fourth-order valence-electron chi connectivity index (χ4n) is 1.74. The highest BCUT2D eigenvalue weighted by atomic mass is 16.5. The first-order valence-corrected chi connectivity index (χ1v) is 6.26. The second kappa shape index (κ2) is 8.51. The van der Waals surface area contributed by atoms with Crippen molar-refractivity contribution in [2.75, 3.05) is 32.8 Å². The lowest BCUT2D eigenvalue weighted by molar-refractivity contribution is 0.168. The van der Waals surface area contributed by atoms with Gasteiger partial charge in [-0.3, -0.25) is 4.90 Å². The van der Waals surface area contributed by atoms with Gasteiger partial charge in [0.15, 0.2) is 0 Å². The van der Waals surface area contributed by atoms with E-state index in [9.17, 15) is 0 Å². The molecule has 0 unspecified atom stereocenters. The van der Waals surface area contributed by atoms with Crippen molar-refractivity contribution in [3.63, 3.8) is 0 Å². The van der Waals surface area contributed by atoms with Gasteiger partial charge in [0.2, 0.25) is 0 Å². The normalized spacial score (nSPS) is 10.3. The maximum atomic E-state index is 8.93. The van der Waals surface area contributed by atoms with E-state index in [1.54, 1.807) is 12.1 Å². The Labute approximate surface area is 108 Å². The van der Waals surface area contributed by atoms with Crippen LogP contribution in [-0.2, 0) is 0 Å². The van der Waals surface area contributed by atoms with Crippen molar-refractivity contribution in [3.05, 3.63) is 29.8 Å². The van der Waals surface area contributed by atoms with Crippen LogP contribution >= 0.6 is 0 Å². The minimum atomic E-state index is 0.171. The summed E-state index contributed by atoms with van der Waals surface area (Å²) in [4.78, 5) is 2.16. The van der Waals surface area contributed by atoms with Gasteiger partial charge in [0.05, 0.1) is 18.2 Å². The van der Waals surface area contributed by atoms with E-state index in [-0.39, 0.29) is 6.61 Å². The minimum Gasteiger partial charge on any atom is -0.492 e. The van der Waals surface area contributed by atoms with Crippen molar-refractivity contribution in [1.29, 1.82) is 5.26 Å². The highest BCUT2D eigenvalue weighted by Gasteiger charge is 2.03. The number of nitrogens with zero attached hydrogens (tertiary/aromatic N) is 2. The first-order valence-electron chi connectivity index (χ1n) is 6.26. The molecule has 1 aromatic rings. The number of hydrogen-bond acceptors (Lipinski definition) is 4. The van der Waals surface area contributed by atoms with Crippen LogP contribution in [0.2, 0.25) is 0 Å². The number of benzene rings is 1. The maximum absolute atomic E-state index is 8.93. The highest BCUT2D eigenvalue weighted by molar-refractivity contribution is 5.36. The number of rotatable bonds is 8. The Bertz CT molecular complexity index is 382. The molecule has 0 aliphatic heterocycles. The van der Waals surface area contributed by atoms with Crippen LogP contribution in [0.5, 0.6) is 5.75 Å². The molecule has 0 fully saturated rings. The summed E-state index contributed by atoms with van der Waals surface area (Å²) in [5, 5.41) is 17.7. The third kappa shape index (κ3) is 5.17. The molecule has 0 saturated carbocycles. The van der Waals surface area contributed by atoms with Crippen molar-refractivity contribution in [3.8, 4) is 11.8 Å². The Morgan fingerprint density at radius 1 is 1.33 bits per heavy atom. The largest absolute Gasteiger partial charge is 0.492 e. The zero-order chi connectivity index (χ0) is 13.2. The molecule has 0 aromatic heterocycles. The van der Waals surface area contributed by atoms with Crippen LogP contribution in [0.25, 0.3) is 0 Å². The Kier molecular flexibility index (Phi) is 6.85. The topological polar surface area (TPSA) is 56.5 Å². The monoisotopic (exact) mass is 248 g/mol. The van der Waals surface area contributed by atoms with Crippen molar-refractivity contribution >= 4 is 0 Å². The molecule has 0 heterocycles. The Morgan fingerprint density at radius 3 is 2.83 bits per heavy atom. The first kappa shape index (κ1) is 14.5. The van der Waals surface area contributed by atoms with Gasteiger partial charge in [-0.15, -0.1) is 0 Å². The smallest absolute Gasteiger partial charge is 0.120 e. The van der Waals surface area contributed by atoms with Crippen LogP contribution < -0.4 is 4.74 Å². The molecule has 0 amide bonds. The average molecular weight is 248 g/mol. The number of ether oxygens (including phenoxy) is 1. The van der Waals surface area contributed by atoms with E-state index in [1.807, 2.05) is 12.1 Å². The summed E-state index contributed by atoms with van der Waals surface area (Å²) in [6.07, 6.45) is 1.06. The van der Waals surface area contributed by atoms with Gasteiger partial charge in [0.1, 0.15) is 12.4 Å². The Hall–Kier alpha value is -1.57. The number of aliphatic hydroxyl groups excluding tert-OH is 1. The van der Waals surface area contributed by atoms with E-state index in [0.717, 1.165) is 25.3 Å². The Balaban J connectivity index is 2.37. The van der Waals surface area contributed by atoms with Gasteiger partial charge in [-0.05, 0) is 31.2 Å². The molecule has 98 valence electrons. The molecule has 0 atom stereocenters. The minimum absolute atomic E-state index is 0.171. The standard InChI is InChI=1S/C14H20N2O2/c1-2-6-16(7-9-17)8-10-18-14-5-3-4-13(11-14)12-15/h3-5,11,17H,2,6-10H2,1H3. The molecule has 4 nitrogen and oxygen atoms in total. The molecule has 0 radical (unpaired) electrons. The number of hydrogen-bond donors (Lipinski definition) is 1. The third-order valence-corrected chi connectivity index (χ3v) is 2.60. The van der Waals surface area contributed by atoms with Crippen molar-refractivity contribution < 1.29 is 9.84 Å². The van der Waals surface area contributed by atoms with Crippen LogP contribution in [0.1, 0.15) is 18.9 Å². The first-order chi connectivity index (χ1) is 8.80. The molecule has 1 aromatic carbocycles. The zero-order valence-corrected chi connectivity index (χ0v) is 10.8. The lowest BCUT2D eigenvalue weighted by atomic mass is 10.2. The van der Waals surface area contributed by atoms with Crippen molar-refractivity contribution in [1.82, 2.24) is 4.90 Å². The summed E-state index contributed by atoms with van der Waals surface area (Å²) in [7, 11) is 0. The third-order valence-electron chi connectivity index (χ3n) is 2.60. The molecule has 0 bridgehead atoms. The van der Waals surface area contributed by atoms with Gasteiger partial charge in [-0.1, -0.05) is 13.0 Å². The Morgan fingerprint density at radius 2 is 2.17 bits per heavy atom. The zero-order valence-electron chi connectivity index (χ0n) is 10.8. The fraction of sp³-hybridized carbons (Fsp3) is 0.500. The summed E-state index contributed by atoms with van der Waals surface area (Å²) in [6, 6.07) is 9.22. The van der Waals surface area contributed by atoms with Crippen molar-refractivity contribution in [2.24, 2.45) is 0 Å². The molecule has 0 spiro atoms. The van der Waals surface area contributed by atoms with Gasteiger partial charge in [0, 0.05) is 13.1 Å². The molecule has 0 saturated heterocycles. The summed E-state index contributed by atoms with van der Waals surface area (Å²) >= 11 is 0. The van der Waals surface area contributed by atoms with E-state index in [0.29, 0.717) is 18.7 Å². The molecule has 18 heavy (non-hydrogen) atoms. The van der Waals surface area contributed by atoms with E-state index in [4.69, 9.17) is 15.1 Å². The second-order valence-corrected chi connectivity index (χ2v) is 4.05. The fourth-order valence-corrected chi connectivity index (χ4v) is 1.74. The molecule has 0 aliphatic rings. The average Bonchev–Trinajstić information content (AvgIpc) is 2.39. The SMILES string of the molecule is CCCN(CCO)CCOc1cccc(C#N)c1. The molecule has 0 aliphatic carbocycles. The predicted octanol–water partition coefficient (Wildman–Crippen LogP) is 1.64. The van der Waals surface area contributed by atoms with E-state index in [1.165, 1.54) is 0 Å². The molecule has 4 heteroatoms. The lowest BCUT2D eigenvalue weighted by Crippen LogP contribution is -2.31. The summed E-state index contributed by atoms with van der Waals surface area (Å²) in [6.45, 7) is 5.27. The van der Waals surface area contributed by atoms with Gasteiger partial charge in [0.25, 0.3) is 0 Å². The maximum Gasteiger partial charge on any atom is 0.120 e. The van der Waals surface area contributed by atoms with Crippen LogP contribution in [0, 0.1) is 11.3 Å². The van der Waals surface area contributed by atoms with Gasteiger partial charge in [-0.25, -0.2) is 0 Å². The molecular weight excluding hydrogens is 228 g/mol. The van der Waals surface area contributed by atoms with E-state index < -0.39 is 0 Å². The number of nitriles is 1. The van der Waals surface area contributed by atoms with Crippen molar-refractivity contribution in [2.45, 2.75) is 13.3 Å². The van der Waals surface area contributed by atoms with Crippen LogP contribution in [0.3, 0.4) is 0 Å². The summed E-state index contributed by atoms with van der Waals surface area (Å²) < 4.78 is 5.60. The molecular formula is C14H20N2O2.